The summed E-state index contributed by atoms with van der Waals surface area (Å²) in [6.45, 7) is 5.43. The number of rotatable bonds is 5. The number of aryl methyl sites for hydroxylation is 2. The van der Waals surface area contributed by atoms with Crippen molar-refractivity contribution in [3.63, 3.8) is 0 Å². The molecule has 5 nitrogen and oxygen atoms in total. The SMILES string of the molecule is COc1cccc(C(=O)O[C@H](C)C(=O)Nc2ccc(C)cc2C)c1. The molecule has 2 aromatic rings. The van der Waals surface area contributed by atoms with E-state index < -0.39 is 12.1 Å². The molecule has 0 aliphatic carbocycles. The number of nitrogens with one attached hydrogen (secondary N) is 1. The summed E-state index contributed by atoms with van der Waals surface area (Å²) >= 11 is 0. The highest BCUT2D eigenvalue weighted by Crippen LogP contribution is 2.17. The Morgan fingerprint density at radius 3 is 2.50 bits per heavy atom. The number of carbonyl (C=O) groups is 2. The molecule has 0 spiro atoms. The van der Waals surface area contributed by atoms with Gasteiger partial charge in [-0.2, -0.15) is 0 Å². The number of hydrogen-bond donors (Lipinski definition) is 1. The molecular weight excluding hydrogens is 306 g/mol. The van der Waals surface area contributed by atoms with E-state index in [4.69, 9.17) is 9.47 Å². The monoisotopic (exact) mass is 327 g/mol. The van der Waals surface area contributed by atoms with E-state index in [0.29, 0.717) is 17.0 Å². The van der Waals surface area contributed by atoms with Crippen LogP contribution in [0.4, 0.5) is 5.69 Å². The number of benzene rings is 2. The predicted molar refractivity (Wildman–Crippen MR) is 92.4 cm³/mol. The topological polar surface area (TPSA) is 64.6 Å². The minimum absolute atomic E-state index is 0.334. The van der Waals surface area contributed by atoms with Crippen molar-refractivity contribution in [3.05, 3.63) is 59.2 Å². The Balaban J connectivity index is 2.01. The van der Waals surface area contributed by atoms with Crippen molar-refractivity contribution in [2.75, 3.05) is 12.4 Å². The van der Waals surface area contributed by atoms with Gasteiger partial charge in [-0.1, -0.05) is 23.8 Å². The third kappa shape index (κ3) is 4.35. The van der Waals surface area contributed by atoms with Crippen molar-refractivity contribution in [1.82, 2.24) is 0 Å². The van der Waals surface area contributed by atoms with Gasteiger partial charge in [0, 0.05) is 5.69 Å². The predicted octanol–water partition coefficient (Wildman–Crippen LogP) is 3.50. The standard InChI is InChI=1S/C19H21NO4/c1-12-8-9-17(13(2)10-12)20-18(21)14(3)24-19(22)15-6-5-7-16(11-15)23-4/h5-11,14H,1-4H3,(H,20,21)/t14-/m1/s1. The number of hydrogen-bond acceptors (Lipinski definition) is 4. The van der Waals surface area contributed by atoms with Crippen LogP contribution in [0.3, 0.4) is 0 Å². The first-order chi connectivity index (χ1) is 11.4. The van der Waals surface area contributed by atoms with E-state index in [-0.39, 0.29) is 5.91 Å². The maximum Gasteiger partial charge on any atom is 0.339 e. The van der Waals surface area contributed by atoms with Crippen molar-refractivity contribution in [2.45, 2.75) is 26.9 Å². The quantitative estimate of drug-likeness (QED) is 0.854. The molecule has 0 radical (unpaired) electrons. The Morgan fingerprint density at radius 2 is 1.83 bits per heavy atom. The molecule has 5 heteroatoms. The van der Waals surface area contributed by atoms with E-state index >= 15 is 0 Å². The zero-order chi connectivity index (χ0) is 17.7. The highest BCUT2D eigenvalue weighted by atomic mass is 16.5. The Bertz CT molecular complexity index is 755. The zero-order valence-corrected chi connectivity index (χ0v) is 14.3. The molecule has 0 aliphatic heterocycles. The van der Waals surface area contributed by atoms with Gasteiger partial charge in [0.1, 0.15) is 5.75 Å². The lowest BCUT2D eigenvalue weighted by atomic mass is 10.1. The van der Waals surface area contributed by atoms with E-state index in [1.165, 1.54) is 14.0 Å². The maximum atomic E-state index is 12.2. The highest BCUT2D eigenvalue weighted by molar-refractivity contribution is 5.97. The number of amides is 1. The van der Waals surface area contributed by atoms with Gasteiger partial charge >= 0.3 is 5.97 Å². The number of methoxy groups -OCH3 is 1. The molecule has 1 N–H and O–H groups in total. The molecule has 0 unspecified atom stereocenters. The minimum Gasteiger partial charge on any atom is -0.497 e. The van der Waals surface area contributed by atoms with Crippen LogP contribution in [-0.2, 0) is 9.53 Å². The van der Waals surface area contributed by atoms with Gasteiger partial charge in [0.05, 0.1) is 12.7 Å². The molecule has 0 bridgehead atoms. The van der Waals surface area contributed by atoms with Gasteiger partial charge in [-0.25, -0.2) is 4.79 Å². The fourth-order valence-corrected chi connectivity index (χ4v) is 2.22. The number of carbonyl (C=O) groups excluding carboxylic acids is 2. The van der Waals surface area contributed by atoms with Crippen molar-refractivity contribution in [3.8, 4) is 5.75 Å². The Labute approximate surface area is 141 Å². The molecule has 2 rings (SSSR count). The summed E-state index contributed by atoms with van der Waals surface area (Å²) in [6, 6.07) is 12.3. The molecule has 126 valence electrons. The average Bonchev–Trinajstić information content (AvgIpc) is 2.57. The van der Waals surface area contributed by atoms with Gasteiger partial charge in [-0.15, -0.1) is 0 Å². The van der Waals surface area contributed by atoms with Gasteiger partial charge in [0.2, 0.25) is 0 Å². The number of anilines is 1. The fourth-order valence-electron chi connectivity index (χ4n) is 2.22. The first kappa shape index (κ1) is 17.5. The van der Waals surface area contributed by atoms with E-state index in [0.717, 1.165) is 11.1 Å². The first-order valence-electron chi connectivity index (χ1n) is 7.64. The third-order valence-corrected chi connectivity index (χ3v) is 3.60. The van der Waals surface area contributed by atoms with Crippen molar-refractivity contribution in [1.29, 1.82) is 0 Å². The van der Waals surface area contributed by atoms with Crippen LogP contribution in [0.5, 0.6) is 5.75 Å². The lowest BCUT2D eigenvalue weighted by Crippen LogP contribution is -2.30. The molecule has 0 fully saturated rings. The molecular formula is C19H21NO4. The van der Waals surface area contributed by atoms with E-state index in [2.05, 4.69) is 5.32 Å². The van der Waals surface area contributed by atoms with E-state index in [1.54, 1.807) is 24.3 Å². The van der Waals surface area contributed by atoms with Gasteiger partial charge in [-0.05, 0) is 50.6 Å². The van der Waals surface area contributed by atoms with E-state index in [1.807, 2.05) is 32.0 Å². The summed E-state index contributed by atoms with van der Waals surface area (Å²) in [5, 5.41) is 2.78. The summed E-state index contributed by atoms with van der Waals surface area (Å²) in [5.41, 5.74) is 3.10. The normalized spacial score (nSPS) is 11.5. The first-order valence-corrected chi connectivity index (χ1v) is 7.64. The lowest BCUT2D eigenvalue weighted by molar-refractivity contribution is -0.123. The maximum absolute atomic E-state index is 12.2. The summed E-state index contributed by atoms with van der Waals surface area (Å²) in [5.74, 6) is -0.396. The van der Waals surface area contributed by atoms with E-state index in [9.17, 15) is 9.59 Å². The van der Waals surface area contributed by atoms with Gasteiger partial charge in [0.25, 0.3) is 5.91 Å². The van der Waals surface area contributed by atoms with Crippen molar-refractivity contribution >= 4 is 17.6 Å². The molecule has 2 aromatic carbocycles. The molecule has 0 saturated carbocycles. The van der Waals surface area contributed by atoms with Crippen LogP contribution < -0.4 is 10.1 Å². The fraction of sp³-hybridized carbons (Fsp3) is 0.263. The Kier molecular flexibility index (Phi) is 5.58. The van der Waals surface area contributed by atoms with Crippen LogP contribution >= 0.6 is 0 Å². The van der Waals surface area contributed by atoms with Crippen LogP contribution in [-0.4, -0.2) is 25.1 Å². The summed E-state index contributed by atoms with van der Waals surface area (Å²) in [6.07, 6.45) is -0.913. The molecule has 0 aromatic heterocycles. The summed E-state index contributed by atoms with van der Waals surface area (Å²) in [4.78, 5) is 24.4. The Hall–Kier alpha value is -2.82. The largest absolute Gasteiger partial charge is 0.497 e. The Morgan fingerprint density at radius 1 is 1.08 bits per heavy atom. The summed E-state index contributed by atoms with van der Waals surface area (Å²) < 4.78 is 10.3. The molecule has 0 saturated heterocycles. The van der Waals surface area contributed by atoms with Crippen LogP contribution in [0.15, 0.2) is 42.5 Å². The molecule has 24 heavy (non-hydrogen) atoms. The van der Waals surface area contributed by atoms with Crippen LogP contribution in [0.1, 0.15) is 28.4 Å². The molecule has 0 heterocycles. The van der Waals surface area contributed by atoms with Gasteiger partial charge < -0.3 is 14.8 Å². The van der Waals surface area contributed by atoms with Crippen molar-refractivity contribution in [2.24, 2.45) is 0 Å². The smallest absolute Gasteiger partial charge is 0.339 e. The lowest BCUT2D eigenvalue weighted by Gasteiger charge is -2.15. The van der Waals surface area contributed by atoms with Crippen LogP contribution in [0, 0.1) is 13.8 Å². The molecule has 1 amide bonds. The number of ether oxygens (including phenoxy) is 2. The van der Waals surface area contributed by atoms with Crippen molar-refractivity contribution < 1.29 is 19.1 Å². The second-order valence-electron chi connectivity index (χ2n) is 5.59. The molecule has 0 aliphatic rings. The third-order valence-electron chi connectivity index (χ3n) is 3.60. The average molecular weight is 327 g/mol. The zero-order valence-electron chi connectivity index (χ0n) is 14.3. The second kappa shape index (κ2) is 7.64. The number of esters is 1. The minimum atomic E-state index is -0.913. The highest BCUT2D eigenvalue weighted by Gasteiger charge is 2.19. The molecule has 1 atom stereocenters. The van der Waals surface area contributed by atoms with Gasteiger partial charge in [0.15, 0.2) is 6.10 Å². The summed E-state index contributed by atoms with van der Waals surface area (Å²) in [7, 11) is 1.52. The van der Waals surface area contributed by atoms with Crippen LogP contribution in [0.25, 0.3) is 0 Å². The van der Waals surface area contributed by atoms with Gasteiger partial charge in [-0.3, -0.25) is 4.79 Å². The van der Waals surface area contributed by atoms with Crippen LogP contribution in [0.2, 0.25) is 0 Å². The second-order valence-corrected chi connectivity index (χ2v) is 5.59.